The summed E-state index contributed by atoms with van der Waals surface area (Å²) in [6.07, 6.45) is 12.4. The van der Waals surface area contributed by atoms with Crippen molar-refractivity contribution in [3.05, 3.63) is 253 Å². The van der Waals surface area contributed by atoms with Crippen LogP contribution in [0.15, 0.2) is 236 Å². The summed E-state index contributed by atoms with van der Waals surface area (Å²) in [7, 11) is 0. The fourth-order valence-corrected chi connectivity index (χ4v) is 8.34. The Hall–Kier alpha value is -8.34. The molecule has 10 aromatic rings. The zero-order valence-corrected chi connectivity index (χ0v) is 34.1. The number of rotatable bonds is 11. The van der Waals surface area contributed by atoms with E-state index in [0.717, 1.165) is 82.9 Å². The van der Waals surface area contributed by atoms with Gasteiger partial charge in [0.25, 0.3) is 0 Å². The summed E-state index contributed by atoms with van der Waals surface area (Å²) in [6.45, 7) is 4.20. The van der Waals surface area contributed by atoms with Crippen LogP contribution in [-0.2, 0) is 0 Å². The molecule has 0 atom stereocenters. The van der Waals surface area contributed by atoms with Gasteiger partial charge in [0.1, 0.15) is 5.58 Å². The van der Waals surface area contributed by atoms with Gasteiger partial charge in [0.2, 0.25) is 0 Å². The number of aromatic nitrogens is 1. The molecule has 0 fully saturated rings. The lowest BCUT2D eigenvalue weighted by Gasteiger charge is -2.26. The van der Waals surface area contributed by atoms with Crippen molar-refractivity contribution in [3.8, 4) is 16.8 Å². The van der Waals surface area contributed by atoms with Crippen molar-refractivity contribution in [2.75, 3.05) is 4.90 Å². The molecule has 0 saturated carbocycles. The van der Waals surface area contributed by atoms with Crippen molar-refractivity contribution in [2.45, 2.75) is 0 Å². The molecule has 8 aromatic carbocycles. The SMILES string of the molecule is C=C/C=c1\c(=C/N/C=C(\C=C/c2ccccc2)c2ccccc2)c2cc(N(c3ccccc3)c3ccc(-c4ccccc4)cc3)ccc2n1-c1cccc2c1oc1ccccc12. The van der Waals surface area contributed by atoms with E-state index < -0.39 is 0 Å². The number of anilines is 3. The summed E-state index contributed by atoms with van der Waals surface area (Å²) >= 11 is 0. The third-order valence-corrected chi connectivity index (χ3v) is 11.3. The maximum atomic E-state index is 6.66. The highest BCUT2D eigenvalue weighted by Crippen LogP contribution is 2.38. The predicted molar refractivity (Wildman–Crippen MR) is 262 cm³/mol. The molecule has 0 unspecified atom stereocenters. The monoisotopic (exact) mass is 797 g/mol. The van der Waals surface area contributed by atoms with Gasteiger partial charge < -0.3 is 19.2 Å². The van der Waals surface area contributed by atoms with Crippen LogP contribution < -0.4 is 20.8 Å². The molecule has 2 heterocycles. The number of allylic oxidation sites excluding steroid dienone is 3. The molecule has 1 N–H and O–H groups in total. The van der Waals surface area contributed by atoms with Gasteiger partial charge in [-0.1, -0.05) is 176 Å². The van der Waals surface area contributed by atoms with Crippen molar-refractivity contribution >= 4 is 73.8 Å². The number of fused-ring (bicyclic) bond motifs is 4. The molecule has 4 heteroatoms. The first-order valence-electron chi connectivity index (χ1n) is 20.9. The number of benzene rings is 8. The molecule has 0 saturated heterocycles. The number of hydrogen-bond donors (Lipinski definition) is 1. The van der Waals surface area contributed by atoms with Crippen LogP contribution in [0.2, 0.25) is 0 Å². The van der Waals surface area contributed by atoms with E-state index in [1.54, 1.807) is 0 Å². The summed E-state index contributed by atoms with van der Waals surface area (Å²) in [4.78, 5) is 2.32. The minimum Gasteiger partial charge on any atom is -0.454 e. The minimum atomic E-state index is 0.828. The number of hydrogen-bond acceptors (Lipinski definition) is 3. The normalized spacial score (nSPS) is 12.5. The lowest BCUT2D eigenvalue weighted by Crippen LogP contribution is -2.29. The summed E-state index contributed by atoms with van der Waals surface area (Å²) < 4.78 is 8.96. The lowest BCUT2D eigenvalue weighted by molar-refractivity contribution is 0.665. The second-order valence-electron chi connectivity index (χ2n) is 15.1. The molecule has 0 spiro atoms. The van der Waals surface area contributed by atoms with Crippen LogP contribution in [0.1, 0.15) is 11.1 Å². The summed E-state index contributed by atoms with van der Waals surface area (Å²) in [5.74, 6) is 0. The smallest absolute Gasteiger partial charge is 0.159 e. The van der Waals surface area contributed by atoms with Crippen LogP contribution in [0, 0.1) is 0 Å². The maximum absolute atomic E-state index is 6.66. The van der Waals surface area contributed by atoms with Gasteiger partial charge in [0.05, 0.1) is 16.6 Å². The Labute approximate surface area is 361 Å². The first kappa shape index (κ1) is 37.9. The maximum Gasteiger partial charge on any atom is 0.159 e. The standard InChI is InChI=1S/C58H43N3O/c1-2-18-54-53(41-59-40-46(44-23-11-5-12-24-44)32-31-42-19-7-3-8-20-42)52-39-49(37-38-55(52)61(54)56-29-17-28-51-50-27-15-16-30-57(50)62-58(51)56)60(47-25-13-6-14-26-47)48-35-33-45(34-36-48)43-21-9-4-10-22-43/h2-41,59H,1H2/b32-31-,46-40+,53-41-,54-18+. The number of nitrogens with zero attached hydrogens (tertiary/aromatic N) is 2. The van der Waals surface area contributed by atoms with Crippen LogP contribution >= 0.6 is 0 Å². The molecule has 0 aliphatic carbocycles. The molecule has 10 rings (SSSR count). The molecule has 62 heavy (non-hydrogen) atoms. The molecule has 0 radical (unpaired) electrons. The van der Waals surface area contributed by atoms with Gasteiger partial charge in [-0.3, -0.25) is 0 Å². The average Bonchev–Trinajstić information content (AvgIpc) is 3.87. The molecule has 0 amide bonds. The topological polar surface area (TPSA) is 33.3 Å². The van der Waals surface area contributed by atoms with Crippen molar-refractivity contribution < 1.29 is 4.42 Å². The van der Waals surface area contributed by atoms with E-state index in [9.17, 15) is 0 Å². The fraction of sp³-hybridized carbons (Fsp3) is 0. The van der Waals surface area contributed by atoms with Gasteiger partial charge in [0.15, 0.2) is 5.58 Å². The minimum absolute atomic E-state index is 0.828. The first-order valence-corrected chi connectivity index (χ1v) is 20.9. The van der Waals surface area contributed by atoms with Gasteiger partial charge in [0, 0.05) is 50.8 Å². The van der Waals surface area contributed by atoms with E-state index in [4.69, 9.17) is 4.42 Å². The quantitative estimate of drug-likeness (QED) is 0.132. The molecular weight excluding hydrogens is 755 g/mol. The molecule has 4 nitrogen and oxygen atoms in total. The van der Waals surface area contributed by atoms with Crippen LogP contribution in [-0.4, -0.2) is 4.57 Å². The second kappa shape index (κ2) is 17.1. The van der Waals surface area contributed by atoms with Crippen LogP contribution in [0.25, 0.3) is 73.6 Å². The van der Waals surface area contributed by atoms with Gasteiger partial charge in [-0.25, -0.2) is 0 Å². The molecule has 0 aliphatic rings. The largest absolute Gasteiger partial charge is 0.454 e. The third-order valence-electron chi connectivity index (χ3n) is 11.3. The summed E-state index contributed by atoms with van der Waals surface area (Å²) in [5, 5.41) is 8.85. The van der Waals surface area contributed by atoms with Gasteiger partial charge in [-0.15, -0.1) is 0 Å². The Morgan fingerprint density at radius 1 is 0.565 bits per heavy atom. The fourth-order valence-electron chi connectivity index (χ4n) is 8.34. The number of nitrogens with one attached hydrogen (secondary N) is 1. The predicted octanol–water partition coefficient (Wildman–Crippen LogP) is 13.7. The zero-order chi connectivity index (χ0) is 41.7. The molecule has 0 aliphatic heterocycles. The van der Waals surface area contributed by atoms with Gasteiger partial charge >= 0.3 is 0 Å². The van der Waals surface area contributed by atoms with E-state index in [2.05, 4.69) is 234 Å². The van der Waals surface area contributed by atoms with E-state index in [1.165, 1.54) is 11.1 Å². The summed E-state index contributed by atoms with van der Waals surface area (Å²) in [6, 6.07) is 72.1. The highest BCUT2D eigenvalue weighted by atomic mass is 16.3. The molecule has 0 bridgehead atoms. The highest BCUT2D eigenvalue weighted by Gasteiger charge is 2.19. The van der Waals surface area contributed by atoms with Crippen molar-refractivity contribution in [1.29, 1.82) is 0 Å². The van der Waals surface area contributed by atoms with Crippen molar-refractivity contribution in [3.63, 3.8) is 0 Å². The van der Waals surface area contributed by atoms with E-state index in [-0.39, 0.29) is 0 Å². The number of furan rings is 1. The zero-order valence-electron chi connectivity index (χ0n) is 34.1. The molecule has 2 aromatic heterocycles. The van der Waals surface area contributed by atoms with Crippen molar-refractivity contribution in [1.82, 2.24) is 9.88 Å². The summed E-state index contributed by atoms with van der Waals surface area (Å²) in [5.41, 5.74) is 12.5. The second-order valence-corrected chi connectivity index (χ2v) is 15.1. The Kier molecular flexibility index (Phi) is 10.5. The Morgan fingerprint density at radius 3 is 1.95 bits per heavy atom. The van der Waals surface area contributed by atoms with Crippen LogP contribution in [0.4, 0.5) is 17.1 Å². The van der Waals surface area contributed by atoms with Crippen molar-refractivity contribution in [2.24, 2.45) is 0 Å². The highest BCUT2D eigenvalue weighted by molar-refractivity contribution is 6.08. The number of para-hydroxylation sites is 3. The van der Waals surface area contributed by atoms with Crippen LogP contribution in [0.5, 0.6) is 0 Å². The molecular formula is C58H43N3O. The van der Waals surface area contributed by atoms with E-state index in [1.807, 2.05) is 30.3 Å². The first-order chi connectivity index (χ1) is 30.7. The van der Waals surface area contributed by atoms with Gasteiger partial charge in [-0.05, 0) is 88.5 Å². The Morgan fingerprint density at radius 2 is 1.19 bits per heavy atom. The Balaban J connectivity index is 1.19. The van der Waals surface area contributed by atoms with E-state index >= 15 is 0 Å². The molecule has 296 valence electrons. The average molecular weight is 798 g/mol. The third kappa shape index (κ3) is 7.42. The van der Waals surface area contributed by atoms with E-state index in [0.29, 0.717) is 0 Å². The van der Waals surface area contributed by atoms with Crippen LogP contribution in [0.3, 0.4) is 0 Å². The lowest BCUT2D eigenvalue weighted by atomic mass is 10.0. The Bertz CT molecular complexity index is 3360. The van der Waals surface area contributed by atoms with Gasteiger partial charge in [-0.2, -0.15) is 0 Å².